The van der Waals surface area contributed by atoms with Crippen LogP contribution in [0.3, 0.4) is 0 Å². The van der Waals surface area contributed by atoms with E-state index >= 15 is 0 Å². The molecule has 0 bridgehead atoms. The lowest BCUT2D eigenvalue weighted by Gasteiger charge is -2.33. The van der Waals surface area contributed by atoms with Gasteiger partial charge in [0.1, 0.15) is 11.5 Å². The molecule has 0 unspecified atom stereocenters. The number of amidine groups is 1. The van der Waals surface area contributed by atoms with E-state index in [1.165, 1.54) is 5.57 Å². The summed E-state index contributed by atoms with van der Waals surface area (Å²) < 4.78 is 0. The summed E-state index contributed by atoms with van der Waals surface area (Å²) in [6, 6.07) is 0. The first kappa shape index (κ1) is 8.31. The Bertz CT molecular complexity index is 212. The molecule has 1 aliphatic heterocycles. The Labute approximate surface area is 68.4 Å². The predicted octanol–water partition coefficient (Wildman–Crippen LogP) is 2.08. The van der Waals surface area contributed by atoms with E-state index in [0.29, 0.717) is 0 Å². The van der Waals surface area contributed by atoms with E-state index in [4.69, 9.17) is 0 Å². The van der Waals surface area contributed by atoms with Crippen molar-refractivity contribution >= 4 is 5.84 Å². The minimum Gasteiger partial charge on any atom is -0.347 e. The molecule has 0 radical (unpaired) electrons. The van der Waals surface area contributed by atoms with E-state index in [1.54, 1.807) is 0 Å². The van der Waals surface area contributed by atoms with Crippen LogP contribution in [0.5, 0.6) is 0 Å². The maximum absolute atomic E-state index is 4.37. The Morgan fingerprint density at radius 3 is 2.55 bits per heavy atom. The fourth-order valence-corrected chi connectivity index (χ4v) is 1.02. The number of hydrogen-bond donors (Lipinski definition) is 1. The third kappa shape index (κ3) is 2.07. The predicted molar refractivity (Wildman–Crippen MR) is 48.7 cm³/mol. The first-order chi connectivity index (χ1) is 5.03. The summed E-state index contributed by atoms with van der Waals surface area (Å²) >= 11 is 0. The van der Waals surface area contributed by atoms with Crippen LogP contribution >= 0.6 is 0 Å². The van der Waals surface area contributed by atoms with Crippen LogP contribution in [0.4, 0.5) is 0 Å². The van der Waals surface area contributed by atoms with Crippen molar-refractivity contribution in [2.45, 2.75) is 39.8 Å². The molecular formula is C9H16N2. The SMILES string of the molecule is CC/C(C)=C\C1=NC(C)(C)N1. The van der Waals surface area contributed by atoms with Crippen LogP contribution in [0.25, 0.3) is 0 Å². The minimum absolute atomic E-state index is 0.0279. The summed E-state index contributed by atoms with van der Waals surface area (Å²) in [5.74, 6) is 1.02. The molecule has 0 aliphatic carbocycles. The highest BCUT2D eigenvalue weighted by Crippen LogP contribution is 2.14. The van der Waals surface area contributed by atoms with E-state index in [2.05, 4.69) is 44.1 Å². The maximum atomic E-state index is 4.37. The Balaban J connectivity index is 2.56. The fourth-order valence-electron chi connectivity index (χ4n) is 1.02. The monoisotopic (exact) mass is 152 g/mol. The van der Waals surface area contributed by atoms with Crippen LogP contribution in [0.2, 0.25) is 0 Å². The molecule has 1 heterocycles. The zero-order valence-electron chi connectivity index (χ0n) is 7.73. The summed E-state index contributed by atoms with van der Waals surface area (Å²) in [7, 11) is 0. The van der Waals surface area contributed by atoms with Gasteiger partial charge in [-0.05, 0) is 33.3 Å². The van der Waals surface area contributed by atoms with Gasteiger partial charge in [0, 0.05) is 0 Å². The van der Waals surface area contributed by atoms with Crippen molar-refractivity contribution in [2.24, 2.45) is 4.99 Å². The van der Waals surface area contributed by atoms with E-state index in [9.17, 15) is 0 Å². The molecule has 0 aromatic heterocycles. The second kappa shape index (κ2) is 2.68. The average Bonchev–Trinajstić information content (AvgIpc) is 1.83. The average molecular weight is 152 g/mol. The number of rotatable bonds is 2. The molecule has 0 aromatic carbocycles. The van der Waals surface area contributed by atoms with Crippen molar-refractivity contribution in [3.05, 3.63) is 11.6 Å². The second-order valence-corrected chi connectivity index (χ2v) is 3.53. The van der Waals surface area contributed by atoms with Gasteiger partial charge >= 0.3 is 0 Å². The summed E-state index contributed by atoms with van der Waals surface area (Å²) in [6.07, 6.45) is 3.20. The first-order valence-corrected chi connectivity index (χ1v) is 4.09. The van der Waals surface area contributed by atoms with Crippen molar-refractivity contribution in [2.75, 3.05) is 0 Å². The molecule has 2 nitrogen and oxygen atoms in total. The molecule has 0 amide bonds. The maximum Gasteiger partial charge on any atom is 0.127 e. The van der Waals surface area contributed by atoms with Gasteiger partial charge in [-0.2, -0.15) is 0 Å². The van der Waals surface area contributed by atoms with E-state index < -0.39 is 0 Å². The van der Waals surface area contributed by atoms with E-state index in [0.717, 1.165) is 12.3 Å². The lowest BCUT2D eigenvalue weighted by atomic mass is 10.1. The molecule has 0 saturated heterocycles. The molecule has 2 heteroatoms. The summed E-state index contributed by atoms with van der Waals surface area (Å²) in [5.41, 5.74) is 1.34. The third-order valence-electron chi connectivity index (χ3n) is 1.77. The molecule has 1 N–H and O–H groups in total. The number of nitrogens with zero attached hydrogens (tertiary/aromatic N) is 1. The second-order valence-electron chi connectivity index (χ2n) is 3.53. The van der Waals surface area contributed by atoms with Crippen LogP contribution in [0, 0.1) is 0 Å². The van der Waals surface area contributed by atoms with Gasteiger partial charge in [-0.25, -0.2) is 4.99 Å². The van der Waals surface area contributed by atoms with Gasteiger partial charge in [0.15, 0.2) is 0 Å². The van der Waals surface area contributed by atoms with Crippen LogP contribution in [-0.4, -0.2) is 11.5 Å². The Hall–Kier alpha value is -0.790. The van der Waals surface area contributed by atoms with Crippen LogP contribution < -0.4 is 5.32 Å². The Morgan fingerprint density at radius 2 is 2.18 bits per heavy atom. The zero-order chi connectivity index (χ0) is 8.48. The first-order valence-electron chi connectivity index (χ1n) is 4.09. The molecular weight excluding hydrogens is 136 g/mol. The molecule has 0 saturated carbocycles. The minimum atomic E-state index is -0.0279. The Morgan fingerprint density at radius 1 is 1.64 bits per heavy atom. The van der Waals surface area contributed by atoms with Crippen LogP contribution in [-0.2, 0) is 0 Å². The number of hydrogen-bond acceptors (Lipinski definition) is 2. The van der Waals surface area contributed by atoms with Crippen molar-refractivity contribution in [3.63, 3.8) is 0 Å². The standard InChI is InChI=1S/C9H16N2/c1-5-7(2)6-8-10-9(3,4)11-8/h6H,5H2,1-4H3,(H,10,11)/b7-6-. The van der Waals surface area contributed by atoms with Crippen molar-refractivity contribution in [3.8, 4) is 0 Å². The van der Waals surface area contributed by atoms with E-state index in [-0.39, 0.29) is 5.66 Å². The van der Waals surface area contributed by atoms with Gasteiger partial charge in [0.05, 0.1) is 0 Å². The molecule has 0 atom stereocenters. The quantitative estimate of drug-likeness (QED) is 0.643. The van der Waals surface area contributed by atoms with Crippen LogP contribution in [0.15, 0.2) is 16.6 Å². The molecule has 0 spiro atoms. The van der Waals surface area contributed by atoms with Gasteiger partial charge in [-0.15, -0.1) is 0 Å². The molecule has 0 aromatic rings. The molecule has 62 valence electrons. The van der Waals surface area contributed by atoms with Crippen molar-refractivity contribution < 1.29 is 0 Å². The number of aliphatic imine (C=N–C) groups is 1. The Kier molecular flexibility index (Phi) is 2.03. The summed E-state index contributed by atoms with van der Waals surface area (Å²) in [5, 5.41) is 3.26. The highest BCUT2D eigenvalue weighted by Gasteiger charge is 2.25. The van der Waals surface area contributed by atoms with Gasteiger partial charge < -0.3 is 5.32 Å². The topological polar surface area (TPSA) is 24.4 Å². The third-order valence-corrected chi connectivity index (χ3v) is 1.77. The zero-order valence-corrected chi connectivity index (χ0v) is 7.73. The smallest absolute Gasteiger partial charge is 0.127 e. The van der Waals surface area contributed by atoms with Gasteiger partial charge in [0.2, 0.25) is 0 Å². The molecule has 11 heavy (non-hydrogen) atoms. The lowest BCUT2D eigenvalue weighted by Crippen LogP contribution is -2.51. The molecule has 1 rings (SSSR count). The largest absolute Gasteiger partial charge is 0.347 e. The van der Waals surface area contributed by atoms with Gasteiger partial charge in [-0.1, -0.05) is 12.5 Å². The van der Waals surface area contributed by atoms with Gasteiger partial charge in [0.25, 0.3) is 0 Å². The fraction of sp³-hybridized carbons (Fsp3) is 0.667. The summed E-state index contributed by atoms with van der Waals surface area (Å²) in [4.78, 5) is 4.37. The summed E-state index contributed by atoms with van der Waals surface area (Å²) in [6.45, 7) is 8.39. The lowest BCUT2D eigenvalue weighted by molar-refractivity contribution is 0.435. The molecule has 1 aliphatic rings. The van der Waals surface area contributed by atoms with Gasteiger partial charge in [-0.3, -0.25) is 0 Å². The highest BCUT2D eigenvalue weighted by atomic mass is 15.3. The number of nitrogens with one attached hydrogen (secondary N) is 1. The van der Waals surface area contributed by atoms with E-state index in [1.807, 2.05) is 0 Å². The number of allylic oxidation sites excluding steroid dienone is 1. The van der Waals surface area contributed by atoms with Crippen molar-refractivity contribution in [1.29, 1.82) is 0 Å². The normalized spacial score (nSPS) is 21.8. The molecule has 0 fully saturated rings. The van der Waals surface area contributed by atoms with Crippen molar-refractivity contribution in [1.82, 2.24) is 5.32 Å². The van der Waals surface area contributed by atoms with Crippen LogP contribution in [0.1, 0.15) is 34.1 Å². The highest BCUT2D eigenvalue weighted by molar-refractivity contribution is 5.97.